The molecule has 0 fully saturated rings. The fourth-order valence-corrected chi connectivity index (χ4v) is 2.77. The van der Waals surface area contributed by atoms with Gasteiger partial charge in [-0.05, 0) is 31.2 Å². The van der Waals surface area contributed by atoms with Gasteiger partial charge in [0.15, 0.2) is 15.8 Å². The molecule has 0 saturated heterocycles. The Kier molecular flexibility index (Phi) is 9.14. The van der Waals surface area contributed by atoms with E-state index in [9.17, 15) is 8.42 Å². The predicted octanol–water partition coefficient (Wildman–Crippen LogP) is 2.32. The summed E-state index contributed by atoms with van der Waals surface area (Å²) in [5, 5.41) is 2.77. The van der Waals surface area contributed by atoms with Gasteiger partial charge in [-0.3, -0.25) is 0 Å². The van der Waals surface area contributed by atoms with E-state index in [1.807, 2.05) is 6.92 Å². The monoisotopic (exact) mass is 487 g/mol. The molecule has 0 aliphatic carbocycles. The quantitative estimate of drug-likeness (QED) is 0.279. The van der Waals surface area contributed by atoms with Gasteiger partial charge in [-0.1, -0.05) is 28.1 Å². The van der Waals surface area contributed by atoms with E-state index < -0.39 is 9.84 Å². The molecule has 0 heterocycles. The van der Waals surface area contributed by atoms with E-state index in [1.54, 1.807) is 24.3 Å². The molecule has 8 heteroatoms. The summed E-state index contributed by atoms with van der Waals surface area (Å²) in [6.07, 6.45) is 0. The third-order valence-corrected chi connectivity index (χ3v) is 4.63. The molecule has 0 atom stereocenters. The summed E-state index contributed by atoms with van der Waals surface area (Å²) < 4.78 is 24.9. The summed E-state index contributed by atoms with van der Waals surface area (Å²) in [6, 6.07) is 6.53. The lowest BCUT2D eigenvalue weighted by Crippen LogP contribution is -2.35. The normalized spacial score (nSPS) is 11.6. The molecule has 0 aliphatic heterocycles. The second-order valence-corrected chi connectivity index (χ2v) is 7.38. The van der Waals surface area contributed by atoms with Crippen molar-refractivity contribution in [3.05, 3.63) is 40.9 Å². The molecule has 0 amide bonds. The first-order valence-corrected chi connectivity index (χ1v) is 8.42. The highest BCUT2D eigenvalue weighted by Crippen LogP contribution is 2.15. The van der Waals surface area contributed by atoms with Gasteiger partial charge in [0.25, 0.3) is 0 Å². The number of hydrogen-bond donors (Lipinski definition) is 2. The van der Waals surface area contributed by atoms with Crippen molar-refractivity contribution in [3.63, 3.8) is 0 Å². The summed E-state index contributed by atoms with van der Waals surface area (Å²) >= 11 is 3.27. The lowest BCUT2D eigenvalue weighted by atomic mass is 10.4. The van der Waals surface area contributed by atoms with Crippen LogP contribution in [0.2, 0.25) is 0 Å². The molecule has 21 heavy (non-hydrogen) atoms. The number of hydrogen-bond acceptors (Lipinski definition) is 3. The molecular formula is C13H19BrIN3O2S. The third-order valence-electron chi connectivity index (χ3n) is 2.37. The van der Waals surface area contributed by atoms with Crippen LogP contribution in [0.5, 0.6) is 0 Å². The fraction of sp³-hybridized carbons (Fsp3) is 0.308. The molecule has 0 aromatic heterocycles. The van der Waals surface area contributed by atoms with E-state index in [0.29, 0.717) is 11.4 Å². The lowest BCUT2D eigenvalue weighted by molar-refractivity contribution is 0.594. The summed E-state index contributed by atoms with van der Waals surface area (Å²) in [4.78, 5) is 4.30. The molecule has 3 N–H and O–H groups in total. The Morgan fingerprint density at radius 2 is 1.95 bits per heavy atom. The minimum atomic E-state index is -3.32. The Labute approximate surface area is 151 Å². The maximum Gasteiger partial charge on any atom is 0.188 e. The lowest BCUT2D eigenvalue weighted by Gasteiger charge is -2.07. The molecule has 118 valence electrons. The molecular weight excluding hydrogens is 469 g/mol. The van der Waals surface area contributed by atoms with Gasteiger partial charge < -0.3 is 11.1 Å². The summed E-state index contributed by atoms with van der Waals surface area (Å²) in [5.41, 5.74) is 6.49. The Morgan fingerprint density at radius 3 is 2.48 bits per heavy atom. The number of guanidine groups is 1. The predicted molar refractivity (Wildman–Crippen MR) is 101 cm³/mol. The SMILES string of the molecule is C=C(C)CN=C(N)NCCS(=O)(=O)c1ccc(Br)cc1.I. The number of nitrogens with two attached hydrogens (primary N) is 1. The number of sulfone groups is 1. The van der Waals surface area contributed by atoms with E-state index in [2.05, 4.69) is 32.8 Å². The van der Waals surface area contributed by atoms with Gasteiger partial charge in [0.1, 0.15) is 0 Å². The first kappa shape index (κ1) is 20.4. The summed E-state index contributed by atoms with van der Waals surface area (Å²) in [5.74, 6) is 0.178. The van der Waals surface area contributed by atoms with Crippen molar-refractivity contribution in [1.82, 2.24) is 5.32 Å². The second kappa shape index (κ2) is 9.42. The number of halogens is 2. The van der Waals surface area contributed by atoms with Crippen LogP contribution in [-0.2, 0) is 9.84 Å². The molecule has 1 rings (SSSR count). The summed E-state index contributed by atoms with van der Waals surface area (Å²) in [6.45, 7) is 6.19. The molecule has 5 nitrogen and oxygen atoms in total. The van der Waals surface area contributed by atoms with Crippen LogP contribution in [0.3, 0.4) is 0 Å². The number of benzene rings is 1. The van der Waals surface area contributed by atoms with Crippen molar-refractivity contribution in [2.75, 3.05) is 18.8 Å². The van der Waals surface area contributed by atoms with Crippen LogP contribution in [0.1, 0.15) is 6.92 Å². The molecule has 0 bridgehead atoms. The molecule has 0 spiro atoms. The Balaban J connectivity index is 0.00000400. The average Bonchev–Trinajstić information content (AvgIpc) is 2.36. The van der Waals surface area contributed by atoms with Crippen molar-refractivity contribution < 1.29 is 8.42 Å². The number of aliphatic imine (C=N–C) groups is 1. The van der Waals surface area contributed by atoms with Gasteiger partial charge in [-0.15, -0.1) is 24.0 Å². The molecule has 0 aliphatic rings. The second-order valence-electron chi connectivity index (χ2n) is 4.36. The van der Waals surface area contributed by atoms with E-state index in [0.717, 1.165) is 10.0 Å². The van der Waals surface area contributed by atoms with Crippen molar-refractivity contribution in [1.29, 1.82) is 0 Å². The van der Waals surface area contributed by atoms with Crippen molar-refractivity contribution in [2.24, 2.45) is 10.7 Å². The van der Waals surface area contributed by atoms with Gasteiger partial charge in [-0.25, -0.2) is 13.4 Å². The smallest absolute Gasteiger partial charge is 0.188 e. The van der Waals surface area contributed by atoms with Crippen LogP contribution in [0, 0.1) is 0 Å². The maximum absolute atomic E-state index is 12.0. The van der Waals surface area contributed by atoms with E-state index in [-0.39, 0.29) is 42.2 Å². The average molecular weight is 488 g/mol. The van der Waals surface area contributed by atoms with Gasteiger partial charge in [-0.2, -0.15) is 0 Å². The summed E-state index contributed by atoms with van der Waals surface area (Å²) in [7, 11) is -3.32. The topological polar surface area (TPSA) is 84.5 Å². The molecule has 1 aromatic carbocycles. The van der Waals surface area contributed by atoms with Crippen LogP contribution in [-0.4, -0.2) is 33.2 Å². The van der Waals surface area contributed by atoms with Crippen LogP contribution < -0.4 is 11.1 Å². The number of rotatable bonds is 6. The fourth-order valence-electron chi connectivity index (χ4n) is 1.35. The largest absolute Gasteiger partial charge is 0.370 e. The van der Waals surface area contributed by atoms with Crippen molar-refractivity contribution in [2.45, 2.75) is 11.8 Å². The first-order chi connectivity index (χ1) is 9.31. The Hall–Kier alpha value is -0.610. The highest BCUT2D eigenvalue weighted by Gasteiger charge is 2.13. The van der Waals surface area contributed by atoms with Gasteiger partial charge in [0.2, 0.25) is 0 Å². The van der Waals surface area contributed by atoms with Crippen LogP contribution in [0.4, 0.5) is 0 Å². The Bertz CT molecular complexity index is 600. The van der Waals surface area contributed by atoms with E-state index in [4.69, 9.17) is 5.73 Å². The Morgan fingerprint density at radius 1 is 1.38 bits per heavy atom. The zero-order valence-corrected chi connectivity index (χ0v) is 16.4. The molecule has 0 unspecified atom stereocenters. The molecule has 0 radical (unpaired) electrons. The molecule has 0 saturated carbocycles. The maximum atomic E-state index is 12.0. The minimum absolute atomic E-state index is 0. The number of nitrogens with one attached hydrogen (secondary N) is 1. The van der Waals surface area contributed by atoms with E-state index >= 15 is 0 Å². The first-order valence-electron chi connectivity index (χ1n) is 5.98. The van der Waals surface area contributed by atoms with Gasteiger partial charge in [0, 0.05) is 11.0 Å². The zero-order chi connectivity index (χ0) is 15.2. The highest BCUT2D eigenvalue weighted by atomic mass is 127. The minimum Gasteiger partial charge on any atom is -0.370 e. The molecule has 1 aromatic rings. The van der Waals surface area contributed by atoms with Gasteiger partial charge >= 0.3 is 0 Å². The van der Waals surface area contributed by atoms with Crippen LogP contribution in [0.25, 0.3) is 0 Å². The number of nitrogens with zero attached hydrogens (tertiary/aromatic N) is 1. The van der Waals surface area contributed by atoms with E-state index in [1.165, 1.54) is 0 Å². The van der Waals surface area contributed by atoms with Crippen LogP contribution >= 0.6 is 39.9 Å². The van der Waals surface area contributed by atoms with Crippen molar-refractivity contribution in [3.8, 4) is 0 Å². The highest BCUT2D eigenvalue weighted by molar-refractivity contribution is 14.0. The third kappa shape index (κ3) is 7.82. The van der Waals surface area contributed by atoms with Crippen molar-refractivity contribution >= 4 is 55.7 Å². The zero-order valence-electron chi connectivity index (χ0n) is 11.7. The van der Waals surface area contributed by atoms with Gasteiger partial charge in [0.05, 0.1) is 17.2 Å². The standard InChI is InChI=1S/C13H18BrN3O2S.HI/c1-10(2)9-17-13(15)16-7-8-20(18,19)12-5-3-11(14)4-6-12;/h3-6H,1,7-9H2,2H3,(H3,15,16,17);1H. The van der Waals surface area contributed by atoms with Crippen LogP contribution in [0.15, 0.2) is 50.8 Å².